The monoisotopic (exact) mass is 238 g/mol. The normalized spacial score (nSPS) is 16.8. The van der Waals surface area contributed by atoms with Crippen LogP contribution in [0.25, 0.3) is 0 Å². The van der Waals surface area contributed by atoms with E-state index < -0.39 is 0 Å². The van der Waals surface area contributed by atoms with Crippen molar-refractivity contribution in [3.8, 4) is 0 Å². The highest BCUT2D eigenvalue weighted by Crippen LogP contribution is 2.12. The summed E-state index contributed by atoms with van der Waals surface area (Å²) in [5, 5.41) is 2.07. The highest BCUT2D eigenvalue weighted by atomic mass is 16.5. The molecule has 2 rings (SSSR count). The molecule has 7 nitrogen and oxygen atoms in total. The molecule has 0 saturated carbocycles. The molecule has 1 aliphatic heterocycles. The maximum absolute atomic E-state index is 5.37. The summed E-state index contributed by atoms with van der Waals surface area (Å²) in [6, 6.07) is 1.79. The van der Waals surface area contributed by atoms with Gasteiger partial charge in [-0.05, 0) is 0 Å². The topological polar surface area (TPSA) is 88.3 Å². The molecule has 1 saturated heterocycles. The van der Waals surface area contributed by atoms with Crippen LogP contribution in [0.4, 0.5) is 11.6 Å². The third-order valence-electron chi connectivity index (χ3n) is 2.52. The predicted octanol–water partition coefficient (Wildman–Crippen LogP) is -0.0163. The summed E-state index contributed by atoms with van der Waals surface area (Å²) in [5.74, 6) is 7.51. The first kappa shape index (κ1) is 12.0. The molecule has 0 unspecified atom stereocenters. The van der Waals surface area contributed by atoms with Gasteiger partial charge in [0.15, 0.2) is 0 Å². The Morgan fingerprint density at radius 2 is 2.06 bits per heavy atom. The molecule has 0 aromatic carbocycles. The zero-order valence-corrected chi connectivity index (χ0v) is 9.94. The number of hydrazine groups is 2. The standard InChI is InChI=1S/C10H18N6O/c1-2-8-12-9(14-11)7-10(13-8)15-16-3-5-17-6-4-16/h7H,2-6,11H2,1H3,(H2,12,13,14,15). The van der Waals surface area contributed by atoms with Crippen molar-refractivity contribution in [1.82, 2.24) is 15.0 Å². The molecule has 0 spiro atoms. The van der Waals surface area contributed by atoms with Gasteiger partial charge >= 0.3 is 0 Å². The van der Waals surface area contributed by atoms with Gasteiger partial charge in [-0.1, -0.05) is 6.92 Å². The van der Waals surface area contributed by atoms with Crippen LogP contribution in [0.15, 0.2) is 6.07 Å². The van der Waals surface area contributed by atoms with E-state index in [0.29, 0.717) is 5.82 Å². The Morgan fingerprint density at radius 3 is 2.71 bits per heavy atom. The third kappa shape index (κ3) is 3.26. The van der Waals surface area contributed by atoms with Gasteiger partial charge in [0, 0.05) is 25.6 Å². The minimum Gasteiger partial charge on any atom is -0.379 e. The molecule has 2 heterocycles. The molecule has 1 aromatic heterocycles. The molecule has 0 bridgehead atoms. The lowest BCUT2D eigenvalue weighted by molar-refractivity contribution is 0.0495. The van der Waals surface area contributed by atoms with Crippen LogP contribution in [0.5, 0.6) is 0 Å². The van der Waals surface area contributed by atoms with Crippen molar-refractivity contribution in [1.29, 1.82) is 0 Å². The van der Waals surface area contributed by atoms with E-state index in [2.05, 4.69) is 25.8 Å². The number of anilines is 2. The van der Waals surface area contributed by atoms with Gasteiger partial charge in [-0.15, -0.1) is 0 Å². The zero-order valence-electron chi connectivity index (χ0n) is 9.94. The first-order valence-electron chi connectivity index (χ1n) is 5.75. The second-order valence-electron chi connectivity index (χ2n) is 3.76. The summed E-state index contributed by atoms with van der Waals surface area (Å²) in [7, 11) is 0. The van der Waals surface area contributed by atoms with Crippen molar-refractivity contribution in [2.45, 2.75) is 13.3 Å². The average molecular weight is 238 g/mol. The summed E-state index contributed by atoms with van der Waals surface area (Å²) in [6.45, 7) is 5.17. The van der Waals surface area contributed by atoms with Crippen LogP contribution in [-0.4, -0.2) is 41.3 Å². The maximum atomic E-state index is 5.37. The van der Waals surface area contributed by atoms with Gasteiger partial charge in [0.1, 0.15) is 17.5 Å². The molecular weight excluding hydrogens is 220 g/mol. The highest BCUT2D eigenvalue weighted by Gasteiger charge is 2.11. The van der Waals surface area contributed by atoms with E-state index in [-0.39, 0.29) is 0 Å². The highest BCUT2D eigenvalue weighted by molar-refractivity contribution is 5.46. The Bertz CT molecular complexity index is 344. The van der Waals surface area contributed by atoms with Crippen LogP contribution in [0.2, 0.25) is 0 Å². The van der Waals surface area contributed by atoms with Gasteiger partial charge in [0.25, 0.3) is 0 Å². The summed E-state index contributed by atoms with van der Waals surface area (Å²) in [4.78, 5) is 8.63. The molecule has 1 aliphatic rings. The fourth-order valence-corrected chi connectivity index (χ4v) is 1.62. The first-order chi connectivity index (χ1) is 8.31. The zero-order chi connectivity index (χ0) is 12.1. The maximum Gasteiger partial charge on any atom is 0.146 e. The van der Waals surface area contributed by atoms with Crippen LogP contribution >= 0.6 is 0 Å². The quantitative estimate of drug-likeness (QED) is 0.502. The summed E-state index contributed by atoms with van der Waals surface area (Å²) < 4.78 is 5.28. The third-order valence-corrected chi connectivity index (χ3v) is 2.52. The summed E-state index contributed by atoms with van der Waals surface area (Å²) >= 11 is 0. The molecule has 4 N–H and O–H groups in total. The van der Waals surface area contributed by atoms with Gasteiger partial charge < -0.3 is 15.6 Å². The van der Waals surface area contributed by atoms with Crippen LogP contribution in [0, 0.1) is 0 Å². The van der Waals surface area contributed by atoms with Crippen molar-refractivity contribution in [2.24, 2.45) is 5.84 Å². The average Bonchev–Trinajstić information content (AvgIpc) is 2.39. The second kappa shape index (κ2) is 5.76. The molecule has 0 aliphatic carbocycles. The fraction of sp³-hybridized carbons (Fsp3) is 0.600. The SMILES string of the molecule is CCc1nc(NN)cc(NN2CCOCC2)n1. The predicted molar refractivity (Wildman–Crippen MR) is 65.2 cm³/mol. The van der Waals surface area contributed by atoms with Crippen molar-refractivity contribution in [2.75, 3.05) is 37.2 Å². The van der Waals surface area contributed by atoms with Gasteiger partial charge in [0.05, 0.1) is 13.2 Å². The molecular formula is C10H18N6O. The Kier molecular flexibility index (Phi) is 4.08. The lowest BCUT2D eigenvalue weighted by atomic mass is 10.4. The number of aryl methyl sites for hydroxylation is 1. The molecule has 0 radical (unpaired) electrons. The second-order valence-corrected chi connectivity index (χ2v) is 3.76. The smallest absolute Gasteiger partial charge is 0.146 e. The van der Waals surface area contributed by atoms with E-state index >= 15 is 0 Å². The van der Waals surface area contributed by atoms with Gasteiger partial charge in [-0.25, -0.2) is 20.8 Å². The van der Waals surface area contributed by atoms with Crippen LogP contribution in [0.1, 0.15) is 12.7 Å². The molecule has 0 amide bonds. The fourth-order valence-electron chi connectivity index (χ4n) is 1.62. The number of nitrogens with one attached hydrogen (secondary N) is 2. The first-order valence-corrected chi connectivity index (χ1v) is 5.75. The number of rotatable bonds is 4. The van der Waals surface area contributed by atoms with Crippen molar-refractivity contribution in [3.63, 3.8) is 0 Å². The molecule has 0 atom stereocenters. The number of nitrogens with two attached hydrogens (primary N) is 1. The Hall–Kier alpha value is -1.44. The van der Waals surface area contributed by atoms with E-state index in [4.69, 9.17) is 10.6 Å². The molecule has 17 heavy (non-hydrogen) atoms. The van der Waals surface area contributed by atoms with E-state index in [1.165, 1.54) is 0 Å². The van der Waals surface area contributed by atoms with Crippen molar-refractivity contribution < 1.29 is 4.74 Å². The molecule has 1 aromatic rings. The van der Waals surface area contributed by atoms with Crippen LogP contribution < -0.4 is 16.7 Å². The molecule has 94 valence electrons. The lowest BCUT2D eigenvalue weighted by Gasteiger charge is -2.27. The van der Waals surface area contributed by atoms with Crippen molar-refractivity contribution in [3.05, 3.63) is 11.9 Å². The number of hydrogen-bond donors (Lipinski definition) is 3. The largest absolute Gasteiger partial charge is 0.379 e. The Labute approximate surface area is 100 Å². The molecule has 1 fully saturated rings. The number of nitrogen functional groups attached to an aromatic ring is 1. The summed E-state index contributed by atoms with van der Waals surface area (Å²) in [6.07, 6.45) is 0.771. The van der Waals surface area contributed by atoms with E-state index in [0.717, 1.165) is 44.4 Å². The van der Waals surface area contributed by atoms with Crippen LogP contribution in [0.3, 0.4) is 0 Å². The minimum absolute atomic E-state index is 0.618. The van der Waals surface area contributed by atoms with Crippen LogP contribution in [-0.2, 0) is 11.2 Å². The number of hydrogen-bond acceptors (Lipinski definition) is 7. The number of ether oxygens (including phenoxy) is 1. The van der Waals surface area contributed by atoms with Gasteiger partial charge in [0.2, 0.25) is 0 Å². The van der Waals surface area contributed by atoms with Gasteiger partial charge in [-0.2, -0.15) is 0 Å². The summed E-state index contributed by atoms with van der Waals surface area (Å²) in [5.41, 5.74) is 5.78. The van der Waals surface area contributed by atoms with E-state index in [9.17, 15) is 0 Å². The number of aromatic nitrogens is 2. The molecule has 7 heteroatoms. The van der Waals surface area contributed by atoms with Gasteiger partial charge in [-0.3, -0.25) is 0 Å². The Morgan fingerprint density at radius 1 is 1.35 bits per heavy atom. The Balaban J connectivity index is 2.07. The lowest BCUT2D eigenvalue weighted by Crippen LogP contribution is -2.40. The minimum atomic E-state index is 0.618. The number of morpholine rings is 1. The number of nitrogens with zero attached hydrogens (tertiary/aromatic N) is 3. The van der Waals surface area contributed by atoms with E-state index in [1.807, 2.05) is 6.92 Å². The van der Waals surface area contributed by atoms with E-state index in [1.54, 1.807) is 6.07 Å². The van der Waals surface area contributed by atoms with Crippen molar-refractivity contribution >= 4 is 11.6 Å².